The van der Waals surface area contributed by atoms with Gasteiger partial charge in [-0.15, -0.1) is 0 Å². The van der Waals surface area contributed by atoms with Crippen molar-refractivity contribution in [2.24, 2.45) is 5.92 Å². The minimum Gasteiger partial charge on any atom is -0.313 e. The average molecular weight is 232 g/mol. The first kappa shape index (κ1) is 12.6. The molecule has 1 N–H and O–H groups in total. The van der Waals surface area contributed by atoms with Gasteiger partial charge in [0.15, 0.2) is 0 Å². The second-order valence-electron chi connectivity index (χ2n) is 5.51. The Bertz CT molecular complexity index is 360. The van der Waals surface area contributed by atoms with Crippen LogP contribution < -0.4 is 5.32 Å². The predicted molar refractivity (Wildman–Crippen MR) is 73.0 cm³/mol. The first-order valence-electron chi connectivity index (χ1n) is 6.67. The molecule has 2 nitrogen and oxygen atoms in total. The van der Waals surface area contributed by atoms with Crippen molar-refractivity contribution in [2.45, 2.75) is 32.9 Å². The Labute approximate surface area is 105 Å². The number of fused-ring (bicyclic) bond motifs is 1. The quantitative estimate of drug-likeness (QED) is 0.862. The third kappa shape index (κ3) is 3.08. The van der Waals surface area contributed by atoms with E-state index in [0.29, 0.717) is 6.04 Å². The second kappa shape index (κ2) is 5.65. The van der Waals surface area contributed by atoms with Gasteiger partial charge in [-0.3, -0.25) is 4.90 Å². The van der Waals surface area contributed by atoms with Crippen LogP contribution in [0.25, 0.3) is 0 Å². The molecule has 2 rings (SSSR count). The molecule has 0 aromatic heterocycles. The molecule has 0 aliphatic carbocycles. The Kier molecular flexibility index (Phi) is 4.19. The summed E-state index contributed by atoms with van der Waals surface area (Å²) < 4.78 is 0. The molecular weight excluding hydrogens is 208 g/mol. The Morgan fingerprint density at radius 1 is 1.35 bits per heavy atom. The van der Waals surface area contributed by atoms with Gasteiger partial charge in [-0.25, -0.2) is 0 Å². The zero-order valence-corrected chi connectivity index (χ0v) is 11.2. The van der Waals surface area contributed by atoms with Crippen LogP contribution in [0.15, 0.2) is 24.3 Å². The molecule has 1 heterocycles. The summed E-state index contributed by atoms with van der Waals surface area (Å²) in [7, 11) is 2.26. The maximum atomic E-state index is 3.51. The number of hydrogen-bond donors (Lipinski definition) is 1. The van der Waals surface area contributed by atoms with Gasteiger partial charge in [0.1, 0.15) is 0 Å². The topological polar surface area (TPSA) is 15.3 Å². The zero-order chi connectivity index (χ0) is 12.3. The van der Waals surface area contributed by atoms with Gasteiger partial charge in [0.2, 0.25) is 0 Å². The average Bonchev–Trinajstić information content (AvgIpc) is 2.50. The summed E-state index contributed by atoms with van der Waals surface area (Å²) in [6.07, 6.45) is 1.21. The smallest absolute Gasteiger partial charge is 0.0360 e. The van der Waals surface area contributed by atoms with Gasteiger partial charge in [-0.1, -0.05) is 38.1 Å². The summed E-state index contributed by atoms with van der Waals surface area (Å²) in [5, 5.41) is 3.51. The van der Waals surface area contributed by atoms with Crippen LogP contribution in [0.5, 0.6) is 0 Å². The molecule has 0 bridgehead atoms. The fourth-order valence-electron chi connectivity index (χ4n) is 2.80. The predicted octanol–water partition coefficient (Wildman–Crippen LogP) is 2.81. The van der Waals surface area contributed by atoms with Gasteiger partial charge in [0.25, 0.3) is 0 Å². The van der Waals surface area contributed by atoms with Crippen LogP contribution >= 0.6 is 0 Å². The largest absolute Gasteiger partial charge is 0.313 e. The number of nitrogens with zero attached hydrogens (tertiary/aromatic N) is 1. The van der Waals surface area contributed by atoms with Crippen LogP contribution in [0.4, 0.5) is 0 Å². The monoisotopic (exact) mass is 232 g/mol. The van der Waals surface area contributed by atoms with Crippen LogP contribution in [-0.4, -0.2) is 25.0 Å². The Morgan fingerprint density at radius 2 is 2.12 bits per heavy atom. The Balaban J connectivity index is 2.22. The molecule has 0 fully saturated rings. The zero-order valence-electron chi connectivity index (χ0n) is 11.2. The number of nitrogens with one attached hydrogen (secondary N) is 1. The lowest BCUT2D eigenvalue weighted by Gasteiger charge is -2.29. The van der Waals surface area contributed by atoms with Crippen LogP contribution in [0.1, 0.15) is 37.4 Å². The normalized spacial score (nSPS) is 20.4. The van der Waals surface area contributed by atoms with Crippen molar-refractivity contribution in [3.8, 4) is 0 Å². The highest BCUT2D eigenvalue weighted by Crippen LogP contribution is 2.28. The fraction of sp³-hybridized carbons (Fsp3) is 0.600. The molecule has 1 aliphatic heterocycles. The van der Waals surface area contributed by atoms with E-state index in [0.717, 1.165) is 19.0 Å². The van der Waals surface area contributed by atoms with Crippen molar-refractivity contribution in [3.05, 3.63) is 35.4 Å². The molecule has 0 radical (unpaired) electrons. The van der Waals surface area contributed by atoms with Crippen LogP contribution in [0, 0.1) is 5.92 Å². The van der Waals surface area contributed by atoms with Gasteiger partial charge in [0, 0.05) is 19.1 Å². The minimum atomic E-state index is 0.573. The maximum Gasteiger partial charge on any atom is 0.0360 e. The summed E-state index contributed by atoms with van der Waals surface area (Å²) in [4.78, 5) is 2.51. The highest BCUT2D eigenvalue weighted by molar-refractivity contribution is 5.31. The summed E-state index contributed by atoms with van der Waals surface area (Å²) in [5.74, 6) is 0.725. The third-order valence-corrected chi connectivity index (χ3v) is 3.51. The highest BCUT2D eigenvalue weighted by Gasteiger charge is 2.21. The van der Waals surface area contributed by atoms with Crippen molar-refractivity contribution in [1.29, 1.82) is 0 Å². The van der Waals surface area contributed by atoms with E-state index in [2.05, 4.69) is 55.4 Å². The van der Waals surface area contributed by atoms with Crippen LogP contribution in [0.2, 0.25) is 0 Å². The second-order valence-corrected chi connectivity index (χ2v) is 5.51. The van der Waals surface area contributed by atoms with Crippen LogP contribution in [-0.2, 0) is 6.54 Å². The molecule has 0 saturated carbocycles. The minimum absolute atomic E-state index is 0.573. The summed E-state index contributed by atoms with van der Waals surface area (Å²) in [5.41, 5.74) is 2.98. The maximum absolute atomic E-state index is 3.51. The molecule has 0 amide bonds. The molecule has 0 spiro atoms. The molecular formula is C15H24N2. The number of benzene rings is 1. The van der Waals surface area contributed by atoms with E-state index < -0.39 is 0 Å². The van der Waals surface area contributed by atoms with Crippen molar-refractivity contribution in [1.82, 2.24) is 10.2 Å². The summed E-state index contributed by atoms with van der Waals surface area (Å²) in [6.45, 7) is 7.87. The van der Waals surface area contributed by atoms with Crippen molar-refractivity contribution >= 4 is 0 Å². The Morgan fingerprint density at radius 3 is 2.88 bits per heavy atom. The fourth-order valence-corrected chi connectivity index (χ4v) is 2.80. The van der Waals surface area contributed by atoms with Crippen molar-refractivity contribution in [3.63, 3.8) is 0 Å². The number of hydrogen-bond acceptors (Lipinski definition) is 2. The van der Waals surface area contributed by atoms with Gasteiger partial charge in [0.05, 0.1) is 0 Å². The first-order chi connectivity index (χ1) is 8.18. The molecule has 1 aliphatic rings. The Hall–Kier alpha value is -0.860. The van der Waals surface area contributed by atoms with E-state index in [1.54, 1.807) is 0 Å². The molecule has 0 saturated heterocycles. The summed E-state index contributed by atoms with van der Waals surface area (Å²) >= 11 is 0. The lowest BCUT2D eigenvalue weighted by molar-refractivity contribution is 0.210. The third-order valence-electron chi connectivity index (χ3n) is 3.51. The molecule has 2 heteroatoms. The molecule has 94 valence electrons. The van der Waals surface area contributed by atoms with E-state index in [1.807, 2.05) is 0 Å². The van der Waals surface area contributed by atoms with Crippen LogP contribution in [0.3, 0.4) is 0 Å². The molecule has 1 unspecified atom stereocenters. The lowest BCUT2D eigenvalue weighted by atomic mass is 9.97. The molecule has 1 aromatic rings. The van der Waals surface area contributed by atoms with Crippen molar-refractivity contribution in [2.75, 3.05) is 20.1 Å². The van der Waals surface area contributed by atoms with Gasteiger partial charge in [-0.2, -0.15) is 0 Å². The van der Waals surface area contributed by atoms with Gasteiger partial charge >= 0.3 is 0 Å². The van der Waals surface area contributed by atoms with Gasteiger partial charge in [-0.05, 0) is 37.1 Å². The summed E-state index contributed by atoms with van der Waals surface area (Å²) in [6, 6.07) is 9.43. The van der Waals surface area contributed by atoms with E-state index in [4.69, 9.17) is 0 Å². The SMILES string of the molecule is CC(C)CN(C)C1CCNCc2ccccc21. The standard InChI is InChI=1S/C15H24N2/c1-12(2)11-17(3)15-8-9-16-10-13-6-4-5-7-14(13)15/h4-7,12,15-16H,8-11H2,1-3H3. The van der Waals surface area contributed by atoms with E-state index in [9.17, 15) is 0 Å². The molecule has 1 aromatic carbocycles. The lowest BCUT2D eigenvalue weighted by Crippen LogP contribution is -2.29. The van der Waals surface area contributed by atoms with E-state index >= 15 is 0 Å². The highest BCUT2D eigenvalue weighted by atomic mass is 15.1. The van der Waals surface area contributed by atoms with E-state index in [-0.39, 0.29) is 0 Å². The first-order valence-corrected chi connectivity index (χ1v) is 6.67. The van der Waals surface area contributed by atoms with E-state index in [1.165, 1.54) is 24.1 Å². The molecule has 17 heavy (non-hydrogen) atoms. The number of rotatable bonds is 3. The van der Waals surface area contributed by atoms with Crippen molar-refractivity contribution < 1.29 is 0 Å². The molecule has 1 atom stereocenters. The van der Waals surface area contributed by atoms with Gasteiger partial charge < -0.3 is 5.32 Å².